The standard InChI is InChI=1S/C72H45N5/c1-3-19-48(20-4-1)74-65-31-15-9-25-55(65)59-39-41-61-57-27-11-17-33-67(57)76(71(61)69(59)74)51-43-47(46-35-37-50(38-36-46)73-63-29-13-7-23-53(63)54-24-8-14-30-64(54)73)44-52(45-51)77-68-34-18-12-28-58(68)62-42-40-60-56-26-10-16-32-66(56)75(70(60)72(62)77)49-21-5-2-6-22-49/h1-45H. The van der Waals surface area contributed by atoms with Crippen molar-refractivity contribution in [1.82, 2.24) is 22.8 Å². The molecule has 358 valence electrons. The average molecular weight is 980 g/mol. The van der Waals surface area contributed by atoms with E-state index in [-0.39, 0.29) is 0 Å². The van der Waals surface area contributed by atoms with Gasteiger partial charge >= 0.3 is 0 Å². The minimum atomic E-state index is 1.08. The van der Waals surface area contributed by atoms with Crippen molar-refractivity contribution in [2.24, 2.45) is 0 Å². The van der Waals surface area contributed by atoms with E-state index in [1.165, 1.54) is 98.0 Å². The summed E-state index contributed by atoms with van der Waals surface area (Å²) < 4.78 is 12.5. The number of para-hydroxylation sites is 8. The third kappa shape index (κ3) is 5.94. The zero-order valence-electron chi connectivity index (χ0n) is 41.7. The summed E-state index contributed by atoms with van der Waals surface area (Å²) in [7, 11) is 0. The molecule has 0 atom stereocenters. The van der Waals surface area contributed by atoms with E-state index in [2.05, 4.69) is 296 Å². The molecular formula is C72H45N5. The Bertz CT molecular complexity index is 4950. The van der Waals surface area contributed by atoms with Crippen molar-refractivity contribution in [2.75, 3.05) is 0 Å². The fourth-order valence-electron chi connectivity index (χ4n) is 13.3. The highest BCUT2D eigenvalue weighted by Gasteiger charge is 2.25. The highest BCUT2D eigenvalue weighted by molar-refractivity contribution is 6.25. The first kappa shape index (κ1) is 42.0. The predicted octanol–water partition coefficient (Wildman–Crippen LogP) is 18.8. The van der Waals surface area contributed by atoms with E-state index in [1.54, 1.807) is 0 Å². The normalized spacial score (nSPS) is 12.2. The van der Waals surface area contributed by atoms with Gasteiger partial charge in [0.1, 0.15) is 0 Å². The lowest BCUT2D eigenvalue weighted by molar-refractivity contribution is 1.12. The summed E-state index contributed by atoms with van der Waals surface area (Å²) in [5.41, 5.74) is 19.5. The van der Waals surface area contributed by atoms with Crippen LogP contribution in [0.25, 0.3) is 149 Å². The minimum Gasteiger partial charge on any atom is -0.309 e. The van der Waals surface area contributed by atoms with Gasteiger partial charge in [-0.1, -0.05) is 182 Å². The Morgan fingerprint density at radius 2 is 0.416 bits per heavy atom. The average Bonchev–Trinajstić information content (AvgIpc) is 4.47. The molecule has 0 saturated carbocycles. The van der Waals surface area contributed by atoms with Gasteiger partial charge in [-0.05, 0) is 102 Å². The van der Waals surface area contributed by atoms with Crippen LogP contribution in [0.4, 0.5) is 0 Å². The van der Waals surface area contributed by atoms with E-state index >= 15 is 0 Å². The highest BCUT2D eigenvalue weighted by Crippen LogP contribution is 2.46. The van der Waals surface area contributed by atoms with E-state index in [1.807, 2.05) is 0 Å². The molecule has 0 aliphatic heterocycles. The largest absolute Gasteiger partial charge is 0.309 e. The molecule has 0 aliphatic carbocycles. The first-order valence-electron chi connectivity index (χ1n) is 26.5. The Hall–Kier alpha value is -10.4. The summed E-state index contributed by atoms with van der Waals surface area (Å²) >= 11 is 0. The van der Waals surface area contributed by atoms with Crippen LogP contribution in [-0.4, -0.2) is 22.8 Å². The molecule has 17 rings (SSSR count). The first-order chi connectivity index (χ1) is 38.2. The van der Waals surface area contributed by atoms with Crippen molar-refractivity contribution in [3.05, 3.63) is 273 Å². The lowest BCUT2D eigenvalue weighted by Gasteiger charge is -2.18. The van der Waals surface area contributed by atoms with E-state index in [0.717, 1.165) is 50.6 Å². The van der Waals surface area contributed by atoms with Gasteiger partial charge in [0.2, 0.25) is 0 Å². The molecule has 0 aliphatic rings. The number of hydrogen-bond acceptors (Lipinski definition) is 0. The molecule has 0 saturated heterocycles. The Labute approximate surface area is 442 Å². The summed E-state index contributed by atoms with van der Waals surface area (Å²) in [6.07, 6.45) is 0. The van der Waals surface area contributed by atoms with Gasteiger partial charge in [0.15, 0.2) is 0 Å². The Kier molecular flexibility index (Phi) is 8.77. The molecule has 5 aromatic heterocycles. The monoisotopic (exact) mass is 979 g/mol. The number of benzene rings is 12. The number of hydrogen-bond donors (Lipinski definition) is 0. The third-order valence-corrected chi connectivity index (χ3v) is 16.4. The Morgan fingerprint density at radius 1 is 0.156 bits per heavy atom. The molecular weight excluding hydrogens is 935 g/mol. The molecule has 5 nitrogen and oxygen atoms in total. The van der Waals surface area contributed by atoms with Crippen molar-refractivity contribution >= 4 is 109 Å². The second kappa shape index (κ2) is 16.1. The van der Waals surface area contributed by atoms with Gasteiger partial charge < -0.3 is 22.8 Å². The second-order valence-electron chi connectivity index (χ2n) is 20.5. The maximum absolute atomic E-state index is 2.55. The lowest BCUT2D eigenvalue weighted by Crippen LogP contribution is -2.02. The summed E-state index contributed by atoms with van der Waals surface area (Å²) in [4.78, 5) is 0. The van der Waals surface area contributed by atoms with Gasteiger partial charge in [0.25, 0.3) is 0 Å². The third-order valence-electron chi connectivity index (χ3n) is 16.4. The SMILES string of the molecule is c1ccc(-n2c3ccccc3c3ccc4c5ccccc5n(-c5cc(-c6ccc(-n7c8ccccc8c8ccccc87)cc6)cc(-n6c7ccccc7c7ccc8c9ccccc9n(-c9ccccc9)c8c76)c5)c4c32)cc1. The zero-order chi connectivity index (χ0) is 50.3. The fraction of sp³-hybridized carbons (Fsp3) is 0. The molecule has 5 heteroatoms. The second-order valence-corrected chi connectivity index (χ2v) is 20.5. The van der Waals surface area contributed by atoms with Crippen molar-refractivity contribution < 1.29 is 0 Å². The van der Waals surface area contributed by atoms with Gasteiger partial charge in [-0.3, -0.25) is 0 Å². The predicted molar refractivity (Wildman–Crippen MR) is 324 cm³/mol. The van der Waals surface area contributed by atoms with Crippen molar-refractivity contribution in [3.8, 4) is 39.6 Å². The Balaban J connectivity index is 1.01. The number of rotatable bonds is 6. The van der Waals surface area contributed by atoms with Crippen LogP contribution in [0.1, 0.15) is 0 Å². The number of fused-ring (bicyclic) bond motifs is 17. The Morgan fingerprint density at radius 3 is 0.753 bits per heavy atom. The van der Waals surface area contributed by atoms with Crippen LogP contribution in [0.5, 0.6) is 0 Å². The molecule has 0 fully saturated rings. The van der Waals surface area contributed by atoms with Crippen molar-refractivity contribution in [2.45, 2.75) is 0 Å². The smallest absolute Gasteiger partial charge is 0.0788 e. The first-order valence-corrected chi connectivity index (χ1v) is 26.5. The highest BCUT2D eigenvalue weighted by atomic mass is 15.1. The quantitative estimate of drug-likeness (QED) is 0.159. The summed E-state index contributed by atoms with van der Waals surface area (Å²) in [5.74, 6) is 0. The van der Waals surface area contributed by atoms with E-state index < -0.39 is 0 Å². The van der Waals surface area contributed by atoms with Crippen LogP contribution >= 0.6 is 0 Å². The topological polar surface area (TPSA) is 24.6 Å². The summed E-state index contributed by atoms with van der Waals surface area (Å²) in [5, 5.41) is 12.2. The molecule has 0 radical (unpaired) electrons. The van der Waals surface area contributed by atoms with Crippen LogP contribution in [0, 0.1) is 0 Å². The number of nitrogens with zero attached hydrogens (tertiary/aromatic N) is 5. The van der Waals surface area contributed by atoms with Crippen LogP contribution in [0.15, 0.2) is 273 Å². The summed E-state index contributed by atoms with van der Waals surface area (Å²) in [6.45, 7) is 0. The van der Waals surface area contributed by atoms with Crippen LogP contribution in [0.3, 0.4) is 0 Å². The molecule has 17 aromatic rings. The molecule has 0 unspecified atom stereocenters. The van der Waals surface area contributed by atoms with Gasteiger partial charge in [0.05, 0.1) is 55.2 Å². The van der Waals surface area contributed by atoms with E-state index in [9.17, 15) is 0 Å². The fourth-order valence-corrected chi connectivity index (χ4v) is 13.3. The van der Waals surface area contributed by atoms with Crippen LogP contribution in [0.2, 0.25) is 0 Å². The molecule has 5 heterocycles. The van der Waals surface area contributed by atoms with Gasteiger partial charge in [-0.25, -0.2) is 0 Å². The lowest BCUT2D eigenvalue weighted by atomic mass is 10.0. The van der Waals surface area contributed by atoms with E-state index in [0.29, 0.717) is 0 Å². The van der Waals surface area contributed by atoms with Gasteiger partial charge in [0, 0.05) is 82.3 Å². The molecule has 12 aromatic carbocycles. The molecule has 0 N–H and O–H groups in total. The minimum absolute atomic E-state index is 1.08. The van der Waals surface area contributed by atoms with Crippen molar-refractivity contribution in [3.63, 3.8) is 0 Å². The van der Waals surface area contributed by atoms with Gasteiger partial charge in [-0.2, -0.15) is 0 Å². The van der Waals surface area contributed by atoms with Crippen molar-refractivity contribution in [1.29, 1.82) is 0 Å². The van der Waals surface area contributed by atoms with E-state index in [4.69, 9.17) is 0 Å². The van der Waals surface area contributed by atoms with Crippen LogP contribution < -0.4 is 0 Å². The molecule has 0 bridgehead atoms. The van der Waals surface area contributed by atoms with Crippen LogP contribution in [-0.2, 0) is 0 Å². The zero-order valence-corrected chi connectivity index (χ0v) is 41.7. The maximum Gasteiger partial charge on any atom is 0.0788 e. The molecule has 77 heavy (non-hydrogen) atoms. The number of aromatic nitrogens is 5. The maximum atomic E-state index is 2.55. The molecule has 0 amide bonds. The molecule has 0 spiro atoms. The van der Waals surface area contributed by atoms with Gasteiger partial charge in [-0.15, -0.1) is 0 Å². The summed E-state index contributed by atoms with van der Waals surface area (Å²) in [6, 6.07) is 101.